The minimum absolute atomic E-state index is 0.0962. The first kappa shape index (κ1) is 17.8. The molecule has 2 atom stereocenters. The fourth-order valence-corrected chi connectivity index (χ4v) is 2.16. The third-order valence-corrected chi connectivity index (χ3v) is 3.48. The van der Waals surface area contributed by atoms with E-state index in [-0.39, 0.29) is 18.6 Å². The monoisotopic (exact) mass is 326 g/mol. The molecule has 1 fully saturated rings. The highest BCUT2D eigenvalue weighted by molar-refractivity contribution is 5.81. The van der Waals surface area contributed by atoms with Crippen LogP contribution in [0.2, 0.25) is 0 Å². The predicted octanol–water partition coefficient (Wildman–Crippen LogP) is 0.750. The smallest absolute Gasteiger partial charge is 0.253 e. The summed E-state index contributed by atoms with van der Waals surface area (Å²) in [6.07, 6.45) is -0.689. The average molecular weight is 326 g/mol. The van der Waals surface area contributed by atoms with Gasteiger partial charge in [0.25, 0.3) is 5.91 Å². The molecule has 0 spiro atoms. The molecule has 130 valence electrons. The fraction of sp³-hybridized carbons (Fsp3) is 0.800. The zero-order chi connectivity index (χ0) is 16.8. The second kappa shape index (κ2) is 8.37. The number of aromatic nitrogens is 2. The Morgan fingerprint density at radius 1 is 1.48 bits per heavy atom. The van der Waals surface area contributed by atoms with Crippen molar-refractivity contribution in [1.82, 2.24) is 20.4 Å². The van der Waals surface area contributed by atoms with Crippen molar-refractivity contribution in [3.05, 3.63) is 11.7 Å². The Hall–Kier alpha value is -1.51. The van der Waals surface area contributed by atoms with Gasteiger partial charge in [0.15, 0.2) is 5.82 Å². The molecule has 2 unspecified atom stereocenters. The number of nitrogens with zero attached hydrogens (tertiary/aromatic N) is 3. The van der Waals surface area contributed by atoms with Gasteiger partial charge in [-0.05, 0) is 12.8 Å². The van der Waals surface area contributed by atoms with Crippen molar-refractivity contribution in [2.45, 2.75) is 39.5 Å². The van der Waals surface area contributed by atoms with Gasteiger partial charge in [0.2, 0.25) is 5.89 Å². The maximum absolute atomic E-state index is 12.3. The van der Waals surface area contributed by atoms with Crippen LogP contribution in [0.5, 0.6) is 0 Å². The molecule has 1 saturated heterocycles. The first-order valence-electron chi connectivity index (χ1n) is 7.98. The molecule has 8 heteroatoms. The zero-order valence-corrected chi connectivity index (χ0v) is 14.2. The third kappa shape index (κ3) is 5.26. The lowest BCUT2D eigenvalue weighted by Crippen LogP contribution is -2.48. The molecule has 1 aromatic rings. The first-order valence-corrected chi connectivity index (χ1v) is 7.98. The van der Waals surface area contributed by atoms with E-state index in [1.165, 1.54) is 4.90 Å². The SMILES string of the molecule is CC(C)COC(C)c1noc(CN(C)C(=O)C2CNCCO2)n1. The lowest BCUT2D eigenvalue weighted by Gasteiger charge is -2.26. The summed E-state index contributed by atoms with van der Waals surface area (Å²) in [5.41, 5.74) is 0. The van der Waals surface area contributed by atoms with Gasteiger partial charge in [-0.25, -0.2) is 0 Å². The van der Waals surface area contributed by atoms with Crippen LogP contribution in [0.15, 0.2) is 4.52 Å². The Kier molecular flexibility index (Phi) is 6.49. The maximum atomic E-state index is 12.3. The molecule has 1 aliphatic heterocycles. The van der Waals surface area contributed by atoms with E-state index in [1.807, 2.05) is 6.92 Å². The molecule has 2 rings (SSSR count). The predicted molar refractivity (Wildman–Crippen MR) is 82.6 cm³/mol. The second-order valence-corrected chi connectivity index (χ2v) is 6.17. The number of ether oxygens (including phenoxy) is 2. The van der Waals surface area contributed by atoms with Crippen LogP contribution in [0, 0.1) is 5.92 Å². The van der Waals surface area contributed by atoms with Crippen molar-refractivity contribution < 1.29 is 18.8 Å². The summed E-state index contributed by atoms with van der Waals surface area (Å²) < 4.78 is 16.3. The van der Waals surface area contributed by atoms with Crippen LogP contribution in [0.4, 0.5) is 0 Å². The summed E-state index contributed by atoms with van der Waals surface area (Å²) in [6.45, 7) is 8.77. The van der Waals surface area contributed by atoms with Crippen molar-refractivity contribution in [1.29, 1.82) is 0 Å². The topological polar surface area (TPSA) is 89.7 Å². The Morgan fingerprint density at radius 3 is 2.91 bits per heavy atom. The van der Waals surface area contributed by atoms with Crippen LogP contribution in [-0.4, -0.2) is 60.4 Å². The lowest BCUT2D eigenvalue weighted by atomic mass is 10.2. The van der Waals surface area contributed by atoms with Crippen molar-refractivity contribution in [3.8, 4) is 0 Å². The normalized spacial score (nSPS) is 19.8. The molecule has 23 heavy (non-hydrogen) atoms. The van der Waals surface area contributed by atoms with Crippen LogP contribution in [0.1, 0.15) is 38.6 Å². The summed E-state index contributed by atoms with van der Waals surface area (Å²) in [5, 5.41) is 7.06. The first-order chi connectivity index (χ1) is 11.0. The standard InChI is InChI=1S/C15H26N4O4/c1-10(2)9-22-11(3)14-17-13(23-18-14)8-19(4)15(20)12-7-16-5-6-21-12/h10-12,16H,5-9H2,1-4H3. The van der Waals surface area contributed by atoms with Gasteiger partial charge in [-0.3, -0.25) is 4.79 Å². The van der Waals surface area contributed by atoms with Crippen LogP contribution in [-0.2, 0) is 20.8 Å². The quantitative estimate of drug-likeness (QED) is 0.791. The molecule has 0 radical (unpaired) electrons. The zero-order valence-electron chi connectivity index (χ0n) is 14.2. The van der Waals surface area contributed by atoms with Crippen LogP contribution >= 0.6 is 0 Å². The van der Waals surface area contributed by atoms with Crippen molar-refractivity contribution in [2.75, 3.05) is 33.4 Å². The number of carbonyl (C=O) groups is 1. The summed E-state index contributed by atoms with van der Waals surface area (Å²) in [7, 11) is 1.70. The van der Waals surface area contributed by atoms with Crippen molar-refractivity contribution in [2.24, 2.45) is 5.92 Å². The molecule has 1 amide bonds. The van der Waals surface area contributed by atoms with Gasteiger partial charge in [0, 0.05) is 26.7 Å². The summed E-state index contributed by atoms with van der Waals surface area (Å²) in [6, 6.07) is 0. The van der Waals surface area contributed by atoms with E-state index >= 15 is 0 Å². The lowest BCUT2D eigenvalue weighted by molar-refractivity contribution is -0.144. The van der Waals surface area contributed by atoms with E-state index in [9.17, 15) is 4.79 Å². The average Bonchev–Trinajstić information content (AvgIpc) is 3.01. The maximum Gasteiger partial charge on any atom is 0.253 e. The molecule has 1 aromatic heterocycles. The molecule has 0 saturated carbocycles. The largest absolute Gasteiger partial charge is 0.370 e. The van der Waals surface area contributed by atoms with E-state index in [2.05, 4.69) is 29.3 Å². The number of morpholine rings is 1. The van der Waals surface area contributed by atoms with Gasteiger partial charge in [0.05, 0.1) is 13.2 Å². The highest BCUT2D eigenvalue weighted by Crippen LogP contribution is 2.15. The molecular weight excluding hydrogens is 300 g/mol. The van der Waals surface area contributed by atoms with Crippen molar-refractivity contribution in [3.63, 3.8) is 0 Å². The summed E-state index contributed by atoms with van der Waals surface area (Å²) >= 11 is 0. The van der Waals surface area contributed by atoms with Gasteiger partial charge in [-0.1, -0.05) is 19.0 Å². The number of hydrogen-bond acceptors (Lipinski definition) is 7. The van der Waals surface area contributed by atoms with Gasteiger partial charge < -0.3 is 24.2 Å². The van der Waals surface area contributed by atoms with E-state index in [4.69, 9.17) is 14.0 Å². The highest BCUT2D eigenvalue weighted by atomic mass is 16.5. The van der Waals surface area contributed by atoms with E-state index in [1.54, 1.807) is 7.05 Å². The molecule has 1 aliphatic rings. The van der Waals surface area contributed by atoms with Crippen molar-refractivity contribution >= 4 is 5.91 Å². The fourth-order valence-electron chi connectivity index (χ4n) is 2.16. The highest BCUT2D eigenvalue weighted by Gasteiger charge is 2.26. The van der Waals surface area contributed by atoms with E-state index in [0.29, 0.717) is 37.4 Å². The Morgan fingerprint density at radius 2 is 2.26 bits per heavy atom. The van der Waals surface area contributed by atoms with Crippen LogP contribution < -0.4 is 5.32 Å². The van der Waals surface area contributed by atoms with Gasteiger partial charge in [-0.2, -0.15) is 4.98 Å². The van der Waals surface area contributed by atoms with Gasteiger partial charge in [-0.15, -0.1) is 0 Å². The molecule has 8 nitrogen and oxygen atoms in total. The van der Waals surface area contributed by atoms with E-state index < -0.39 is 6.10 Å². The molecule has 2 heterocycles. The van der Waals surface area contributed by atoms with E-state index in [0.717, 1.165) is 6.54 Å². The van der Waals surface area contributed by atoms with Crippen LogP contribution in [0.3, 0.4) is 0 Å². The number of likely N-dealkylation sites (N-methyl/N-ethyl adjacent to an activating group) is 1. The summed E-state index contributed by atoms with van der Waals surface area (Å²) in [5.74, 6) is 1.23. The van der Waals surface area contributed by atoms with Gasteiger partial charge >= 0.3 is 0 Å². The Labute approximate surface area is 136 Å². The molecule has 0 aliphatic carbocycles. The number of carbonyl (C=O) groups excluding carboxylic acids is 1. The Bertz CT molecular complexity index is 499. The van der Waals surface area contributed by atoms with Crippen LogP contribution in [0.25, 0.3) is 0 Å². The number of hydrogen-bond donors (Lipinski definition) is 1. The molecule has 0 bridgehead atoms. The number of nitrogens with one attached hydrogen (secondary N) is 1. The third-order valence-electron chi connectivity index (χ3n) is 3.48. The second-order valence-electron chi connectivity index (χ2n) is 6.17. The summed E-state index contributed by atoms with van der Waals surface area (Å²) in [4.78, 5) is 18.1. The number of amides is 1. The molecule has 0 aromatic carbocycles. The Balaban J connectivity index is 1.86. The molecular formula is C15H26N4O4. The molecule has 1 N–H and O–H groups in total. The number of rotatable bonds is 7. The minimum Gasteiger partial charge on any atom is -0.370 e. The van der Waals surface area contributed by atoms with Gasteiger partial charge in [0.1, 0.15) is 12.2 Å². The minimum atomic E-state index is -0.454.